The molecule has 1 N–H and O–H groups in total. The molecule has 0 aliphatic rings. The zero-order valence-electron chi connectivity index (χ0n) is 8.84. The van der Waals surface area contributed by atoms with Crippen molar-refractivity contribution in [2.24, 2.45) is 0 Å². The normalized spacial score (nSPS) is 10.1. The molecule has 0 bridgehead atoms. The highest BCUT2D eigenvalue weighted by molar-refractivity contribution is 5.80. The van der Waals surface area contributed by atoms with Crippen LogP contribution in [0.5, 0.6) is 0 Å². The monoisotopic (exact) mass is 193 g/mol. The van der Waals surface area contributed by atoms with Crippen LogP contribution < -0.4 is 0 Å². The summed E-state index contributed by atoms with van der Waals surface area (Å²) in [5.41, 5.74) is 2.55. The summed E-state index contributed by atoms with van der Waals surface area (Å²) < 4.78 is 9.50. The van der Waals surface area contributed by atoms with E-state index in [1.165, 1.54) is 16.6 Å². The number of alkyl halides is 1. The van der Waals surface area contributed by atoms with Crippen LogP contribution in [0.25, 0.3) is 10.9 Å². The maximum Gasteiger partial charge on any atom is 0.0785 e. The number of para-hydroxylation sites is 1. The van der Waals surface area contributed by atoms with E-state index in [-0.39, 0.29) is 0 Å². The average Bonchev–Trinajstić information content (AvgIpc) is 2.64. The van der Waals surface area contributed by atoms with Crippen molar-refractivity contribution >= 4 is 10.9 Å². The van der Waals surface area contributed by atoms with Gasteiger partial charge < -0.3 is 4.98 Å². The van der Waals surface area contributed by atoms with Gasteiger partial charge in [-0.2, -0.15) is 0 Å². The number of nitrogens with one attached hydrogen (secondary N) is 1. The SMILES string of the molecule is CC(C)c1cc2ccccc2[nH]1.CF. The van der Waals surface area contributed by atoms with Crippen LogP contribution in [0.15, 0.2) is 30.3 Å². The van der Waals surface area contributed by atoms with Crippen molar-refractivity contribution in [3.05, 3.63) is 36.0 Å². The van der Waals surface area contributed by atoms with Gasteiger partial charge in [0.15, 0.2) is 0 Å². The lowest BCUT2D eigenvalue weighted by atomic mass is 10.1. The molecule has 0 aliphatic carbocycles. The Morgan fingerprint density at radius 1 is 1.14 bits per heavy atom. The van der Waals surface area contributed by atoms with Gasteiger partial charge in [0.1, 0.15) is 0 Å². The molecule has 0 fully saturated rings. The molecule has 1 aromatic heterocycles. The summed E-state index contributed by atoms with van der Waals surface area (Å²) in [5.74, 6) is 0.581. The number of halogens is 1. The largest absolute Gasteiger partial charge is 0.358 e. The summed E-state index contributed by atoms with van der Waals surface area (Å²) in [5, 5.41) is 1.31. The fourth-order valence-electron chi connectivity index (χ4n) is 1.41. The number of rotatable bonds is 1. The third-order valence-electron chi connectivity index (χ3n) is 2.17. The van der Waals surface area contributed by atoms with Crippen LogP contribution in [0, 0.1) is 0 Å². The van der Waals surface area contributed by atoms with Gasteiger partial charge in [0, 0.05) is 11.2 Å². The second-order valence-electron chi connectivity index (χ2n) is 3.47. The van der Waals surface area contributed by atoms with E-state index >= 15 is 0 Å². The molecule has 14 heavy (non-hydrogen) atoms. The second-order valence-corrected chi connectivity index (χ2v) is 3.47. The highest BCUT2D eigenvalue weighted by Crippen LogP contribution is 2.20. The first-order valence-electron chi connectivity index (χ1n) is 4.73. The minimum atomic E-state index is 0.500. The molecular weight excluding hydrogens is 177 g/mol. The smallest absolute Gasteiger partial charge is 0.0785 e. The van der Waals surface area contributed by atoms with Gasteiger partial charge in [-0.3, -0.25) is 4.39 Å². The summed E-state index contributed by atoms with van der Waals surface area (Å²) in [4.78, 5) is 3.40. The average molecular weight is 193 g/mol. The van der Waals surface area contributed by atoms with E-state index in [0.29, 0.717) is 13.1 Å². The Hall–Kier alpha value is -1.31. The van der Waals surface area contributed by atoms with Crippen LogP contribution in [-0.2, 0) is 0 Å². The minimum Gasteiger partial charge on any atom is -0.358 e. The van der Waals surface area contributed by atoms with E-state index in [1.807, 2.05) is 0 Å². The molecule has 0 saturated carbocycles. The Labute approximate surface area is 84.0 Å². The topological polar surface area (TPSA) is 15.8 Å². The lowest BCUT2D eigenvalue weighted by Gasteiger charge is -1.97. The molecule has 2 aromatic rings. The van der Waals surface area contributed by atoms with Crippen molar-refractivity contribution in [2.45, 2.75) is 19.8 Å². The predicted octanol–water partition coefficient (Wildman–Crippen LogP) is 3.88. The van der Waals surface area contributed by atoms with E-state index < -0.39 is 0 Å². The van der Waals surface area contributed by atoms with Crippen LogP contribution in [0.4, 0.5) is 4.39 Å². The van der Waals surface area contributed by atoms with Crippen LogP contribution >= 0.6 is 0 Å². The number of fused-ring (bicyclic) bond motifs is 1. The number of aromatic nitrogens is 1. The van der Waals surface area contributed by atoms with Crippen LogP contribution in [-0.4, -0.2) is 12.2 Å². The summed E-state index contributed by atoms with van der Waals surface area (Å²) >= 11 is 0. The van der Waals surface area contributed by atoms with E-state index in [1.54, 1.807) is 0 Å². The number of aromatic amines is 1. The van der Waals surface area contributed by atoms with E-state index in [4.69, 9.17) is 0 Å². The number of H-pyrrole nitrogens is 1. The highest BCUT2D eigenvalue weighted by atomic mass is 19.1. The third-order valence-corrected chi connectivity index (χ3v) is 2.17. The van der Waals surface area contributed by atoms with Gasteiger partial charge in [0.2, 0.25) is 0 Å². The van der Waals surface area contributed by atoms with E-state index in [0.717, 1.165) is 0 Å². The zero-order valence-corrected chi connectivity index (χ0v) is 8.84. The molecule has 0 amide bonds. The summed E-state index contributed by atoms with van der Waals surface area (Å²) in [6, 6.07) is 10.6. The lowest BCUT2D eigenvalue weighted by molar-refractivity contribution is 0.636. The van der Waals surface area contributed by atoms with E-state index in [2.05, 4.69) is 49.2 Å². The Kier molecular flexibility index (Phi) is 3.69. The van der Waals surface area contributed by atoms with Gasteiger partial charge in [-0.15, -0.1) is 0 Å². The Morgan fingerprint density at radius 2 is 1.79 bits per heavy atom. The molecule has 2 rings (SSSR count). The van der Waals surface area contributed by atoms with Gasteiger partial charge in [-0.1, -0.05) is 32.0 Å². The molecule has 0 unspecified atom stereocenters. The first-order chi connectivity index (χ1) is 6.77. The van der Waals surface area contributed by atoms with E-state index in [9.17, 15) is 4.39 Å². The van der Waals surface area contributed by atoms with Crippen molar-refractivity contribution in [2.75, 3.05) is 7.18 Å². The Balaban J connectivity index is 0.000000461. The number of hydrogen-bond donors (Lipinski definition) is 1. The van der Waals surface area contributed by atoms with Crippen LogP contribution in [0.2, 0.25) is 0 Å². The third kappa shape index (κ3) is 2.13. The summed E-state index contributed by atoms with van der Waals surface area (Å²) in [6.07, 6.45) is 0. The molecule has 0 saturated heterocycles. The summed E-state index contributed by atoms with van der Waals surface area (Å²) in [7, 11) is 0.500. The van der Waals surface area contributed by atoms with Crippen LogP contribution in [0.3, 0.4) is 0 Å². The molecule has 1 heterocycles. The van der Waals surface area contributed by atoms with Crippen molar-refractivity contribution < 1.29 is 4.39 Å². The molecule has 76 valence electrons. The van der Waals surface area contributed by atoms with Crippen molar-refractivity contribution in [1.29, 1.82) is 0 Å². The molecular formula is C12H16FN. The fraction of sp³-hybridized carbons (Fsp3) is 0.333. The predicted molar refractivity (Wildman–Crippen MR) is 59.4 cm³/mol. The first-order valence-corrected chi connectivity index (χ1v) is 4.73. The Bertz CT molecular complexity index is 357. The van der Waals surface area contributed by atoms with Gasteiger partial charge in [-0.25, -0.2) is 0 Å². The molecule has 2 heteroatoms. The summed E-state index contributed by atoms with van der Waals surface area (Å²) in [6.45, 7) is 4.40. The van der Waals surface area contributed by atoms with Gasteiger partial charge >= 0.3 is 0 Å². The second kappa shape index (κ2) is 4.80. The number of benzene rings is 1. The molecule has 1 aromatic carbocycles. The minimum absolute atomic E-state index is 0.500. The van der Waals surface area contributed by atoms with Crippen molar-refractivity contribution in [3.8, 4) is 0 Å². The van der Waals surface area contributed by atoms with Gasteiger partial charge in [0.25, 0.3) is 0 Å². The quantitative estimate of drug-likeness (QED) is 0.707. The Morgan fingerprint density at radius 3 is 2.36 bits per heavy atom. The molecule has 0 spiro atoms. The van der Waals surface area contributed by atoms with Gasteiger partial charge in [0.05, 0.1) is 7.18 Å². The molecule has 0 radical (unpaired) electrons. The van der Waals surface area contributed by atoms with Gasteiger partial charge in [-0.05, 0) is 23.4 Å². The maximum absolute atomic E-state index is 9.50. The lowest BCUT2D eigenvalue weighted by Crippen LogP contribution is -1.84. The zero-order chi connectivity index (χ0) is 10.6. The highest BCUT2D eigenvalue weighted by Gasteiger charge is 2.02. The standard InChI is InChI=1S/C11H13N.CH3F/c1-8(2)11-7-9-5-3-4-6-10(9)12-11;1-2/h3-8,12H,1-2H3;1H3. The van der Waals surface area contributed by atoms with Crippen molar-refractivity contribution in [1.82, 2.24) is 4.98 Å². The molecule has 0 aliphatic heterocycles. The molecule has 0 atom stereocenters. The number of hydrogen-bond acceptors (Lipinski definition) is 0. The van der Waals surface area contributed by atoms with Crippen LogP contribution in [0.1, 0.15) is 25.5 Å². The first kappa shape index (κ1) is 10.8. The maximum atomic E-state index is 9.50. The fourth-order valence-corrected chi connectivity index (χ4v) is 1.41. The molecule has 1 nitrogen and oxygen atoms in total. The van der Waals surface area contributed by atoms with Crippen molar-refractivity contribution in [3.63, 3.8) is 0 Å².